The average molecular weight is 329 g/mol. The van der Waals surface area contributed by atoms with Crippen molar-refractivity contribution in [1.82, 2.24) is 15.5 Å². The molecule has 2 aliphatic rings. The monoisotopic (exact) mass is 328 g/mol. The molecule has 1 heterocycles. The number of rotatable bonds is 4. The zero-order chi connectivity index (χ0) is 14.9. The maximum absolute atomic E-state index is 12.1. The zero-order valence-corrected chi connectivity index (χ0v) is 13.8. The Kier molecular flexibility index (Phi) is 5.45. The van der Waals surface area contributed by atoms with Gasteiger partial charge >= 0.3 is 0 Å². The molecule has 1 unspecified atom stereocenters. The van der Waals surface area contributed by atoms with Crippen LogP contribution in [0.15, 0.2) is 4.52 Å². The van der Waals surface area contributed by atoms with Crippen molar-refractivity contribution in [3.63, 3.8) is 0 Å². The normalized spacial score (nSPS) is 22.3. The van der Waals surface area contributed by atoms with Gasteiger partial charge in [0.05, 0.1) is 5.54 Å². The van der Waals surface area contributed by atoms with E-state index >= 15 is 0 Å². The lowest BCUT2D eigenvalue weighted by Crippen LogP contribution is -2.35. The van der Waals surface area contributed by atoms with Crippen molar-refractivity contribution in [3.8, 4) is 0 Å². The molecule has 124 valence electrons. The highest BCUT2D eigenvalue weighted by molar-refractivity contribution is 5.85. The number of nitrogens with zero attached hydrogens (tertiary/aromatic N) is 2. The maximum Gasteiger partial charge on any atom is 0.248 e. The Morgan fingerprint density at radius 3 is 2.59 bits per heavy atom. The molecule has 2 fully saturated rings. The van der Waals surface area contributed by atoms with Gasteiger partial charge in [-0.2, -0.15) is 4.98 Å². The summed E-state index contributed by atoms with van der Waals surface area (Å²) in [7, 11) is 0. The quantitative estimate of drug-likeness (QED) is 0.886. The average Bonchev–Trinajstić information content (AvgIpc) is 3.20. The van der Waals surface area contributed by atoms with E-state index in [9.17, 15) is 4.79 Å². The molecule has 1 atom stereocenters. The van der Waals surface area contributed by atoms with E-state index < -0.39 is 5.54 Å². The van der Waals surface area contributed by atoms with Crippen LogP contribution >= 0.6 is 12.4 Å². The fraction of sp³-hybridized carbons (Fsp3) is 0.800. The number of amides is 1. The lowest BCUT2D eigenvalue weighted by Gasteiger charge is -2.18. The van der Waals surface area contributed by atoms with Crippen LogP contribution in [0.5, 0.6) is 0 Å². The van der Waals surface area contributed by atoms with E-state index in [0.29, 0.717) is 11.7 Å². The minimum absolute atomic E-state index is 0. The summed E-state index contributed by atoms with van der Waals surface area (Å²) in [5.41, 5.74) is 5.87. The molecule has 0 aromatic carbocycles. The minimum atomic E-state index is -0.447. The second-order valence-electron chi connectivity index (χ2n) is 6.53. The molecule has 6 nitrogen and oxygen atoms in total. The van der Waals surface area contributed by atoms with Gasteiger partial charge in [0, 0.05) is 5.92 Å². The lowest BCUT2D eigenvalue weighted by atomic mass is 9.99. The van der Waals surface area contributed by atoms with Gasteiger partial charge in [-0.3, -0.25) is 4.79 Å². The van der Waals surface area contributed by atoms with Gasteiger partial charge in [0.2, 0.25) is 11.8 Å². The summed E-state index contributed by atoms with van der Waals surface area (Å²) in [6.07, 6.45) is 8.27. The van der Waals surface area contributed by atoms with Gasteiger partial charge in [-0.25, -0.2) is 0 Å². The van der Waals surface area contributed by atoms with Crippen molar-refractivity contribution >= 4 is 18.3 Å². The fourth-order valence-electron chi connectivity index (χ4n) is 3.42. The summed E-state index contributed by atoms with van der Waals surface area (Å²) in [5, 5.41) is 7.01. The molecule has 1 aromatic rings. The Bertz CT molecular complexity index is 507. The summed E-state index contributed by atoms with van der Waals surface area (Å²) in [4.78, 5) is 16.6. The summed E-state index contributed by atoms with van der Waals surface area (Å²) in [6, 6.07) is -0.260. The Hall–Kier alpha value is -1.14. The van der Waals surface area contributed by atoms with Crippen LogP contribution in [-0.2, 0) is 10.3 Å². The Balaban J connectivity index is 0.00000176. The molecule has 0 saturated heterocycles. The van der Waals surface area contributed by atoms with Crippen LogP contribution in [0.2, 0.25) is 0 Å². The van der Waals surface area contributed by atoms with Gasteiger partial charge in [0.15, 0.2) is 5.82 Å². The predicted molar refractivity (Wildman–Crippen MR) is 84.4 cm³/mol. The molecular weight excluding hydrogens is 304 g/mol. The third-order valence-corrected chi connectivity index (χ3v) is 4.84. The summed E-state index contributed by atoms with van der Waals surface area (Å²) in [6.45, 7) is 1.88. The number of carbonyl (C=O) groups excluding carboxylic acids is 1. The second-order valence-corrected chi connectivity index (χ2v) is 6.53. The Morgan fingerprint density at radius 2 is 1.95 bits per heavy atom. The van der Waals surface area contributed by atoms with E-state index in [4.69, 9.17) is 10.3 Å². The van der Waals surface area contributed by atoms with Gasteiger partial charge in [-0.05, 0) is 32.6 Å². The highest BCUT2D eigenvalue weighted by Crippen LogP contribution is 2.35. The lowest BCUT2D eigenvalue weighted by molar-refractivity contribution is -0.125. The molecule has 0 bridgehead atoms. The molecule has 1 aromatic heterocycles. The van der Waals surface area contributed by atoms with Gasteiger partial charge in [0.25, 0.3) is 0 Å². The van der Waals surface area contributed by atoms with E-state index in [1.807, 2.05) is 6.92 Å². The van der Waals surface area contributed by atoms with Crippen molar-refractivity contribution in [3.05, 3.63) is 11.7 Å². The molecule has 1 amide bonds. The first-order chi connectivity index (χ1) is 10.1. The molecular formula is C15H25ClN4O2. The smallest absolute Gasteiger partial charge is 0.248 e. The number of nitrogens with two attached hydrogens (primary N) is 1. The van der Waals surface area contributed by atoms with Crippen molar-refractivity contribution in [2.75, 3.05) is 0 Å². The van der Waals surface area contributed by atoms with E-state index in [1.165, 1.54) is 0 Å². The SMILES string of the molecule is CC(NC(=O)C1CCCC1)c1nc(C2(N)CCCC2)no1.Cl. The molecule has 22 heavy (non-hydrogen) atoms. The van der Waals surface area contributed by atoms with E-state index in [-0.39, 0.29) is 30.3 Å². The third kappa shape index (κ3) is 3.43. The molecule has 2 aliphatic carbocycles. The van der Waals surface area contributed by atoms with Crippen LogP contribution in [0.25, 0.3) is 0 Å². The first-order valence-electron chi connectivity index (χ1n) is 8.02. The zero-order valence-electron chi connectivity index (χ0n) is 13.0. The van der Waals surface area contributed by atoms with Crippen LogP contribution in [0.3, 0.4) is 0 Å². The standard InChI is InChI=1S/C15H24N4O2.ClH/c1-10(17-12(20)11-6-2-3-7-11)13-18-14(19-21-13)15(16)8-4-5-9-15;/h10-11H,2-9,16H2,1H3,(H,17,20);1H. The van der Waals surface area contributed by atoms with E-state index in [1.54, 1.807) is 0 Å². The third-order valence-electron chi connectivity index (χ3n) is 4.84. The molecule has 7 heteroatoms. The predicted octanol–water partition coefficient (Wildman–Crippen LogP) is 2.59. The largest absolute Gasteiger partial charge is 0.344 e. The molecule has 0 spiro atoms. The van der Waals surface area contributed by atoms with Crippen LogP contribution in [0, 0.1) is 5.92 Å². The highest BCUT2D eigenvalue weighted by atomic mass is 35.5. The molecule has 2 saturated carbocycles. The number of carbonyl (C=O) groups is 1. The van der Waals surface area contributed by atoms with Crippen LogP contribution in [0.1, 0.15) is 76.0 Å². The van der Waals surface area contributed by atoms with Gasteiger partial charge in [-0.1, -0.05) is 30.8 Å². The number of aromatic nitrogens is 2. The topological polar surface area (TPSA) is 94.0 Å². The first-order valence-corrected chi connectivity index (χ1v) is 8.02. The van der Waals surface area contributed by atoms with Gasteiger partial charge in [0.1, 0.15) is 6.04 Å². The highest BCUT2D eigenvalue weighted by Gasteiger charge is 2.36. The van der Waals surface area contributed by atoms with Crippen molar-refractivity contribution in [2.45, 2.75) is 69.9 Å². The minimum Gasteiger partial charge on any atom is -0.344 e. The first kappa shape index (κ1) is 17.2. The summed E-state index contributed by atoms with van der Waals surface area (Å²) < 4.78 is 5.31. The molecule has 3 rings (SSSR count). The summed E-state index contributed by atoms with van der Waals surface area (Å²) >= 11 is 0. The van der Waals surface area contributed by atoms with Crippen molar-refractivity contribution in [2.24, 2.45) is 11.7 Å². The van der Waals surface area contributed by atoms with Crippen LogP contribution < -0.4 is 11.1 Å². The Labute approximate surface area is 137 Å². The van der Waals surface area contributed by atoms with Crippen molar-refractivity contribution in [1.29, 1.82) is 0 Å². The van der Waals surface area contributed by atoms with Gasteiger partial charge < -0.3 is 15.6 Å². The number of hydrogen-bond acceptors (Lipinski definition) is 5. The van der Waals surface area contributed by atoms with Gasteiger partial charge in [-0.15, -0.1) is 12.4 Å². The van der Waals surface area contributed by atoms with E-state index in [2.05, 4.69) is 15.5 Å². The fourth-order valence-corrected chi connectivity index (χ4v) is 3.42. The molecule has 0 aliphatic heterocycles. The van der Waals surface area contributed by atoms with Crippen molar-refractivity contribution < 1.29 is 9.32 Å². The molecule has 3 N–H and O–H groups in total. The Morgan fingerprint density at radius 1 is 1.32 bits per heavy atom. The second kappa shape index (κ2) is 6.96. The number of halogens is 1. The number of nitrogens with one attached hydrogen (secondary N) is 1. The number of hydrogen-bond donors (Lipinski definition) is 2. The van der Waals surface area contributed by atoms with E-state index in [0.717, 1.165) is 51.4 Å². The molecule has 0 radical (unpaired) electrons. The summed E-state index contributed by atoms with van der Waals surface area (Å²) in [5.74, 6) is 1.28. The maximum atomic E-state index is 12.1. The van der Waals surface area contributed by atoms with Crippen LogP contribution in [0.4, 0.5) is 0 Å². The van der Waals surface area contributed by atoms with Crippen LogP contribution in [-0.4, -0.2) is 16.0 Å².